The molecule has 0 radical (unpaired) electrons. The lowest BCUT2D eigenvalue weighted by Gasteiger charge is -2.11. The van der Waals surface area contributed by atoms with E-state index in [4.69, 9.17) is 16.3 Å². The van der Waals surface area contributed by atoms with E-state index >= 15 is 0 Å². The lowest BCUT2D eigenvalue weighted by Crippen LogP contribution is -2.14. The van der Waals surface area contributed by atoms with Crippen LogP contribution in [0.3, 0.4) is 0 Å². The molecule has 0 aliphatic heterocycles. The van der Waals surface area contributed by atoms with Gasteiger partial charge in [-0.25, -0.2) is 18.4 Å². The van der Waals surface area contributed by atoms with Gasteiger partial charge in [0.25, 0.3) is 10.0 Å². The Hall–Kier alpha value is -2.64. The Balaban J connectivity index is 1.78. The van der Waals surface area contributed by atoms with Crippen molar-refractivity contribution >= 4 is 27.3 Å². The maximum atomic E-state index is 12.5. The van der Waals surface area contributed by atoms with E-state index < -0.39 is 10.0 Å². The van der Waals surface area contributed by atoms with Crippen molar-refractivity contribution in [2.24, 2.45) is 0 Å². The number of hydrogen-bond acceptors (Lipinski definition) is 5. The summed E-state index contributed by atoms with van der Waals surface area (Å²) in [5, 5.41) is 0.380. The van der Waals surface area contributed by atoms with Crippen LogP contribution in [0.5, 0.6) is 11.8 Å². The van der Waals surface area contributed by atoms with E-state index in [0.29, 0.717) is 16.3 Å². The summed E-state index contributed by atoms with van der Waals surface area (Å²) >= 11 is 5.99. The summed E-state index contributed by atoms with van der Waals surface area (Å²) in [4.78, 5) is 8.11. The van der Waals surface area contributed by atoms with Gasteiger partial charge >= 0.3 is 6.01 Å². The van der Waals surface area contributed by atoms with Crippen LogP contribution >= 0.6 is 11.6 Å². The zero-order chi connectivity index (χ0) is 17.9. The molecule has 128 valence electrons. The summed E-state index contributed by atoms with van der Waals surface area (Å²) in [7, 11) is -3.79. The standard InChI is InChI=1S/C17H14ClN3O3S/c1-12-15(18)8-5-9-16(12)25(22,23)21-13-10-19-17(20-11-13)24-14-6-3-2-4-7-14/h2-11,21H,1H3. The maximum absolute atomic E-state index is 12.5. The summed E-state index contributed by atoms with van der Waals surface area (Å²) < 4.78 is 32.9. The zero-order valence-corrected chi connectivity index (χ0v) is 14.8. The Kier molecular flexibility index (Phi) is 4.87. The van der Waals surface area contributed by atoms with Crippen molar-refractivity contribution in [3.8, 4) is 11.8 Å². The third-order valence-electron chi connectivity index (χ3n) is 3.34. The van der Waals surface area contributed by atoms with E-state index in [0.717, 1.165) is 0 Å². The molecule has 0 saturated heterocycles. The highest BCUT2D eigenvalue weighted by molar-refractivity contribution is 7.92. The van der Waals surface area contributed by atoms with Gasteiger partial charge in [0, 0.05) is 5.02 Å². The number of nitrogens with zero attached hydrogens (tertiary/aromatic N) is 2. The highest BCUT2D eigenvalue weighted by Gasteiger charge is 2.18. The molecular weight excluding hydrogens is 362 g/mol. The van der Waals surface area contributed by atoms with Crippen LogP contribution in [0.2, 0.25) is 5.02 Å². The number of aromatic nitrogens is 2. The second-order valence-corrected chi connectivity index (χ2v) is 7.20. The molecule has 0 saturated carbocycles. The molecule has 1 heterocycles. The van der Waals surface area contributed by atoms with Gasteiger partial charge in [-0.2, -0.15) is 0 Å². The number of rotatable bonds is 5. The topological polar surface area (TPSA) is 81.2 Å². The van der Waals surface area contributed by atoms with E-state index in [1.807, 2.05) is 18.2 Å². The molecule has 0 spiro atoms. The summed E-state index contributed by atoms with van der Waals surface area (Å²) in [6.45, 7) is 1.64. The number of hydrogen-bond donors (Lipinski definition) is 1. The number of anilines is 1. The molecule has 0 atom stereocenters. The lowest BCUT2D eigenvalue weighted by molar-refractivity contribution is 0.442. The molecule has 0 unspecified atom stereocenters. The summed E-state index contributed by atoms with van der Waals surface area (Å²) in [5.41, 5.74) is 0.696. The normalized spacial score (nSPS) is 11.1. The Labute approximate surface area is 150 Å². The molecule has 8 heteroatoms. The highest BCUT2D eigenvalue weighted by Crippen LogP contribution is 2.25. The van der Waals surface area contributed by atoms with Crippen molar-refractivity contribution < 1.29 is 13.2 Å². The van der Waals surface area contributed by atoms with Crippen LogP contribution in [0.4, 0.5) is 5.69 Å². The Bertz CT molecular complexity index is 978. The van der Waals surface area contributed by atoms with Crippen molar-refractivity contribution in [1.82, 2.24) is 9.97 Å². The number of halogens is 1. The SMILES string of the molecule is Cc1c(Cl)cccc1S(=O)(=O)Nc1cnc(Oc2ccccc2)nc1. The predicted octanol–water partition coefficient (Wildman–Crippen LogP) is 4.03. The van der Waals surface area contributed by atoms with Crippen LogP contribution in [-0.2, 0) is 10.0 Å². The fraction of sp³-hybridized carbons (Fsp3) is 0.0588. The van der Waals surface area contributed by atoms with E-state index in [-0.39, 0.29) is 16.6 Å². The Morgan fingerprint density at radius 1 is 1.00 bits per heavy atom. The van der Waals surface area contributed by atoms with Crippen molar-refractivity contribution in [1.29, 1.82) is 0 Å². The van der Waals surface area contributed by atoms with Crippen molar-refractivity contribution in [3.05, 3.63) is 71.5 Å². The zero-order valence-electron chi connectivity index (χ0n) is 13.2. The second-order valence-electron chi connectivity index (χ2n) is 5.14. The van der Waals surface area contributed by atoms with Gasteiger partial charge in [-0.1, -0.05) is 35.9 Å². The molecule has 0 bridgehead atoms. The molecular formula is C17H14ClN3O3S. The van der Waals surface area contributed by atoms with Crippen LogP contribution < -0.4 is 9.46 Å². The van der Waals surface area contributed by atoms with Gasteiger partial charge in [-0.15, -0.1) is 0 Å². The van der Waals surface area contributed by atoms with E-state index in [1.165, 1.54) is 18.5 Å². The quantitative estimate of drug-likeness (QED) is 0.728. The first-order valence-electron chi connectivity index (χ1n) is 7.28. The second kappa shape index (κ2) is 7.08. The number of nitrogens with one attached hydrogen (secondary N) is 1. The minimum Gasteiger partial charge on any atom is -0.424 e. The molecule has 3 rings (SSSR count). The summed E-state index contributed by atoms with van der Waals surface area (Å²) in [6, 6.07) is 13.9. The minimum absolute atomic E-state index is 0.101. The van der Waals surface area contributed by atoms with Gasteiger partial charge in [0.1, 0.15) is 5.75 Å². The molecule has 0 amide bonds. The fourth-order valence-electron chi connectivity index (χ4n) is 2.10. The number of benzene rings is 2. The van der Waals surface area contributed by atoms with Crippen molar-refractivity contribution in [2.45, 2.75) is 11.8 Å². The molecule has 0 fully saturated rings. The van der Waals surface area contributed by atoms with Crippen LogP contribution in [0, 0.1) is 6.92 Å². The number of para-hydroxylation sites is 1. The highest BCUT2D eigenvalue weighted by atomic mass is 35.5. The average Bonchev–Trinajstić information content (AvgIpc) is 2.59. The molecule has 25 heavy (non-hydrogen) atoms. The molecule has 1 aromatic heterocycles. The lowest BCUT2D eigenvalue weighted by atomic mass is 10.2. The third-order valence-corrected chi connectivity index (χ3v) is 5.28. The molecule has 0 aliphatic rings. The van der Waals surface area contributed by atoms with Gasteiger partial charge in [-0.3, -0.25) is 4.72 Å². The third kappa shape index (κ3) is 4.07. The number of sulfonamides is 1. The fourth-order valence-corrected chi connectivity index (χ4v) is 3.63. The van der Waals surface area contributed by atoms with Crippen molar-refractivity contribution in [2.75, 3.05) is 4.72 Å². The monoisotopic (exact) mass is 375 g/mol. The Morgan fingerprint density at radius 2 is 1.68 bits per heavy atom. The van der Waals surface area contributed by atoms with Crippen LogP contribution in [0.25, 0.3) is 0 Å². The van der Waals surface area contributed by atoms with Crippen molar-refractivity contribution in [3.63, 3.8) is 0 Å². The van der Waals surface area contributed by atoms with Gasteiger partial charge < -0.3 is 4.74 Å². The van der Waals surface area contributed by atoms with Crippen LogP contribution in [0.1, 0.15) is 5.56 Å². The summed E-state index contributed by atoms with van der Waals surface area (Å²) in [6.07, 6.45) is 2.67. The minimum atomic E-state index is -3.79. The van der Waals surface area contributed by atoms with E-state index in [9.17, 15) is 8.42 Å². The van der Waals surface area contributed by atoms with Gasteiger partial charge in [0.2, 0.25) is 0 Å². The maximum Gasteiger partial charge on any atom is 0.322 e. The van der Waals surface area contributed by atoms with Gasteiger partial charge in [0.15, 0.2) is 0 Å². The van der Waals surface area contributed by atoms with Gasteiger partial charge in [0.05, 0.1) is 23.0 Å². The first-order chi connectivity index (χ1) is 12.0. The Morgan fingerprint density at radius 3 is 2.36 bits per heavy atom. The predicted molar refractivity (Wildman–Crippen MR) is 95.5 cm³/mol. The summed E-state index contributed by atoms with van der Waals surface area (Å²) in [5.74, 6) is 0.588. The molecule has 1 N–H and O–H groups in total. The molecule has 6 nitrogen and oxygen atoms in total. The van der Waals surface area contributed by atoms with Crippen LogP contribution in [0.15, 0.2) is 65.8 Å². The largest absolute Gasteiger partial charge is 0.424 e. The smallest absolute Gasteiger partial charge is 0.322 e. The number of ether oxygens (including phenoxy) is 1. The first kappa shape index (κ1) is 17.2. The first-order valence-corrected chi connectivity index (χ1v) is 9.15. The molecule has 3 aromatic rings. The van der Waals surface area contributed by atoms with E-state index in [2.05, 4.69) is 14.7 Å². The average molecular weight is 376 g/mol. The molecule has 2 aromatic carbocycles. The van der Waals surface area contributed by atoms with Crippen LogP contribution in [-0.4, -0.2) is 18.4 Å². The van der Waals surface area contributed by atoms with E-state index in [1.54, 1.807) is 31.2 Å². The molecule has 0 aliphatic carbocycles. The van der Waals surface area contributed by atoms with Gasteiger partial charge in [-0.05, 0) is 36.8 Å².